The average molecular weight is 665 g/mol. The van der Waals surface area contributed by atoms with Crippen molar-refractivity contribution in [3.8, 4) is 0 Å². The van der Waals surface area contributed by atoms with Gasteiger partial charge in [0.2, 0.25) is 5.95 Å². The van der Waals surface area contributed by atoms with Crippen LogP contribution in [0.1, 0.15) is 60.2 Å². The molecule has 2 aromatic heterocycles. The van der Waals surface area contributed by atoms with E-state index in [-0.39, 0.29) is 0 Å². The van der Waals surface area contributed by atoms with E-state index in [2.05, 4.69) is 49.5 Å². The van der Waals surface area contributed by atoms with Gasteiger partial charge in [-0.3, -0.25) is 14.9 Å². The predicted octanol–water partition coefficient (Wildman–Crippen LogP) is 6.80. The normalized spacial score (nSPS) is 20.4. The number of rotatable bonds is 5. The number of halogens is 2. The lowest BCUT2D eigenvalue weighted by Gasteiger charge is -2.60. The smallest absolute Gasteiger partial charge is 0.208 e. The first kappa shape index (κ1) is 33.1. The Morgan fingerprint density at radius 2 is 1.69 bits per heavy atom. The summed E-state index contributed by atoms with van der Waals surface area (Å²) in [5.41, 5.74) is 15.8. The van der Waals surface area contributed by atoms with Gasteiger partial charge < -0.3 is 20.5 Å². The van der Waals surface area contributed by atoms with Crippen LogP contribution in [0, 0.1) is 24.0 Å². The summed E-state index contributed by atoms with van der Waals surface area (Å²) in [7, 11) is 1.83. The number of aryl methyl sites for hydroxylation is 2. The number of anilines is 1. The van der Waals surface area contributed by atoms with Crippen LogP contribution in [0.4, 0.5) is 14.7 Å². The molecule has 2 saturated heterocycles. The molecule has 8 nitrogen and oxygen atoms in total. The van der Waals surface area contributed by atoms with Crippen molar-refractivity contribution < 1.29 is 8.78 Å². The van der Waals surface area contributed by atoms with Crippen LogP contribution < -0.4 is 11.1 Å². The van der Waals surface area contributed by atoms with Crippen molar-refractivity contribution in [3.63, 3.8) is 0 Å². The Hall–Kier alpha value is -4.41. The molecule has 2 aromatic carbocycles. The third kappa shape index (κ3) is 7.16. The number of imidazole rings is 1. The average Bonchev–Trinajstić information content (AvgIpc) is 3.36. The highest BCUT2D eigenvalue weighted by Gasteiger charge is 2.50. The van der Waals surface area contributed by atoms with Crippen LogP contribution in [0.3, 0.4) is 0 Å². The number of hydrogen-bond donors (Lipinski definition) is 2. The Labute approximate surface area is 287 Å². The molecule has 0 unspecified atom stereocenters. The molecular weight excluding hydrogens is 618 g/mol. The Bertz CT molecular complexity index is 1910. The lowest BCUT2D eigenvalue weighted by atomic mass is 9.72. The number of likely N-dealkylation sites (tertiary alicyclic amines) is 2. The van der Waals surface area contributed by atoms with Gasteiger partial charge >= 0.3 is 0 Å². The third-order valence-corrected chi connectivity index (χ3v) is 10.2. The molecule has 4 aromatic rings. The first-order valence-corrected chi connectivity index (χ1v) is 17.4. The Morgan fingerprint density at radius 1 is 0.939 bits per heavy atom. The maximum Gasteiger partial charge on any atom is 0.208 e. The number of nitrogens with zero attached hydrogens (tertiary/aromatic N) is 6. The fourth-order valence-corrected chi connectivity index (χ4v) is 7.96. The number of aromatic nitrogens is 3. The minimum atomic E-state index is -0.506. The second-order valence-corrected chi connectivity index (χ2v) is 14.2. The van der Waals surface area contributed by atoms with Gasteiger partial charge in [0.15, 0.2) is 0 Å². The maximum atomic E-state index is 13.6. The van der Waals surface area contributed by atoms with Crippen molar-refractivity contribution in [2.45, 2.75) is 58.5 Å². The van der Waals surface area contributed by atoms with E-state index in [0.717, 1.165) is 140 Å². The minimum absolute atomic E-state index is 0.341. The summed E-state index contributed by atoms with van der Waals surface area (Å²) in [4.78, 5) is 19.3. The van der Waals surface area contributed by atoms with Gasteiger partial charge in [-0.2, -0.15) is 0 Å². The summed E-state index contributed by atoms with van der Waals surface area (Å²) in [6, 6.07) is 14.5. The van der Waals surface area contributed by atoms with Crippen LogP contribution in [0.5, 0.6) is 0 Å². The molecule has 7 rings (SSSR count). The number of fused-ring (bicyclic) bond motifs is 5. The quantitative estimate of drug-likeness (QED) is 0.244. The Balaban J connectivity index is 1.03. The molecule has 0 saturated carbocycles. The highest BCUT2D eigenvalue weighted by atomic mass is 19.1. The van der Waals surface area contributed by atoms with Gasteiger partial charge in [0, 0.05) is 98.8 Å². The summed E-state index contributed by atoms with van der Waals surface area (Å²) in [5, 5.41) is 3.55. The fourth-order valence-electron chi connectivity index (χ4n) is 7.96. The summed E-state index contributed by atoms with van der Waals surface area (Å²) in [6.07, 6.45) is 7.44. The van der Waals surface area contributed by atoms with E-state index < -0.39 is 11.6 Å². The van der Waals surface area contributed by atoms with Crippen molar-refractivity contribution in [3.05, 3.63) is 101 Å². The monoisotopic (exact) mass is 664 g/mol. The Morgan fingerprint density at radius 3 is 2.45 bits per heavy atom. The minimum Gasteiger partial charge on any atom is -0.404 e. The molecule has 3 aliphatic heterocycles. The van der Waals surface area contributed by atoms with Gasteiger partial charge in [0.05, 0.1) is 16.7 Å². The van der Waals surface area contributed by atoms with Crippen LogP contribution >= 0.6 is 0 Å². The van der Waals surface area contributed by atoms with E-state index in [9.17, 15) is 8.78 Å². The number of aliphatic imine (C=N–C) groups is 1. The van der Waals surface area contributed by atoms with Crippen molar-refractivity contribution in [2.75, 3.05) is 45.1 Å². The summed E-state index contributed by atoms with van der Waals surface area (Å²) in [5.74, 6) is -0.213. The number of nitrogens with one attached hydrogen (secondary N) is 1. The van der Waals surface area contributed by atoms with E-state index in [1.165, 1.54) is 17.7 Å². The molecule has 0 radical (unpaired) electrons. The van der Waals surface area contributed by atoms with Gasteiger partial charge in [0.25, 0.3) is 0 Å². The molecule has 2 bridgehead atoms. The van der Waals surface area contributed by atoms with Crippen molar-refractivity contribution in [1.29, 1.82) is 0 Å². The topological polar surface area (TPSA) is 87.6 Å². The predicted molar refractivity (Wildman–Crippen MR) is 194 cm³/mol. The largest absolute Gasteiger partial charge is 0.404 e. The van der Waals surface area contributed by atoms with E-state index in [1.54, 1.807) is 6.20 Å². The van der Waals surface area contributed by atoms with E-state index in [0.29, 0.717) is 11.8 Å². The number of allylic oxidation sites excluding steroid dienone is 1. The van der Waals surface area contributed by atoms with Gasteiger partial charge in [-0.25, -0.2) is 13.8 Å². The van der Waals surface area contributed by atoms with Crippen LogP contribution in [0.15, 0.2) is 66.3 Å². The van der Waals surface area contributed by atoms with Gasteiger partial charge in [-0.05, 0) is 80.1 Å². The highest BCUT2D eigenvalue weighted by Crippen LogP contribution is 2.40. The number of pyridine rings is 1. The van der Waals surface area contributed by atoms with E-state index in [4.69, 9.17) is 15.7 Å². The zero-order valence-corrected chi connectivity index (χ0v) is 28.6. The summed E-state index contributed by atoms with van der Waals surface area (Å²) in [6.45, 7) is 13.2. The SMILES string of the molecule is C=C1Nc2nc3ccc(CN4CC5(CN(CCc6cc(F)cc(F)c6)C5)C4)cc3n2CCCCCCC(=NC)C(=CN)c2cc1cc(C)n2. The van der Waals surface area contributed by atoms with Gasteiger partial charge in [0.1, 0.15) is 11.6 Å². The second kappa shape index (κ2) is 13.8. The molecule has 3 N–H and O–H groups in total. The summed E-state index contributed by atoms with van der Waals surface area (Å²) >= 11 is 0. The first-order valence-electron chi connectivity index (χ1n) is 17.4. The molecular formula is C39H46F2N8. The van der Waals surface area contributed by atoms with Crippen LogP contribution in [-0.2, 0) is 19.5 Å². The molecule has 0 atom stereocenters. The van der Waals surface area contributed by atoms with Crippen molar-refractivity contribution in [1.82, 2.24) is 24.3 Å². The lowest BCUT2D eigenvalue weighted by molar-refractivity contribution is -0.117. The highest BCUT2D eigenvalue weighted by molar-refractivity contribution is 6.23. The molecule has 2 fully saturated rings. The van der Waals surface area contributed by atoms with Gasteiger partial charge in [-0.1, -0.05) is 25.5 Å². The molecule has 1 spiro atoms. The zero-order valence-electron chi connectivity index (χ0n) is 28.6. The van der Waals surface area contributed by atoms with Crippen LogP contribution in [0.25, 0.3) is 22.3 Å². The van der Waals surface area contributed by atoms with Crippen LogP contribution in [-0.4, -0.2) is 69.8 Å². The lowest BCUT2D eigenvalue weighted by Crippen LogP contribution is -2.71. The molecule has 0 aliphatic carbocycles. The fraction of sp³-hybridized carbons (Fsp3) is 0.410. The van der Waals surface area contributed by atoms with Crippen molar-refractivity contribution >= 4 is 34.0 Å². The van der Waals surface area contributed by atoms with Crippen molar-refractivity contribution in [2.24, 2.45) is 16.1 Å². The molecule has 5 heterocycles. The van der Waals surface area contributed by atoms with Gasteiger partial charge in [-0.15, -0.1) is 0 Å². The Kier molecular flexibility index (Phi) is 9.35. The second-order valence-electron chi connectivity index (χ2n) is 14.2. The van der Waals surface area contributed by atoms with E-state index in [1.807, 2.05) is 26.1 Å². The molecule has 0 amide bonds. The number of benzene rings is 2. The van der Waals surface area contributed by atoms with Crippen LogP contribution in [0.2, 0.25) is 0 Å². The molecule has 49 heavy (non-hydrogen) atoms. The molecule has 256 valence electrons. The zero-order chi connectivity index (χ0) is 34.1. The first-order chi connectivity index (χ1) is 23.7. The molecule has 3 aliphatic rings. The molecule has 10 heteroatoms. The standard InChI is InChI=1S/C39H46F2N8/c1-26-14-30-18-36(44-26)33(20-42)34(43-3)8-6-4-5-7-12-49-37-17-29(9-10-35(37)46-38(49)45-27(30)2)21-48-24-39(25-48)22-47(23-39)13-11-28-15-31(40)19-32(41)16-28/h9-10,14-20H,2,4-8,11-13,21-25,42H2,1,3H3,(H,45,46). The third-order valence-electron chi connectivity index (χ3n) is 10.2. The number of nitrogens with two attached hydrogens (primary N) is 1. The maximum absolute atomic E-state index is 13.6. The number of hydrogen-bond acceptors (Lipinski definition) is 7. The van der Waals surface area contributed by atoms with E-state index >= 15 is 0 Å². The summed E-state index contributed by atoms with van der Waals surface area (Å²) < 4.78 is 29.4.